The fourth-order valence-electron chi connectivity index (χ4n) is 0.972. The van der Waals surface area contributed by atoms with E-state index in [1.165, 1.54) is 0 Å². The molecular formula is C8H11ClN4O. The number of hydrogen-bond acceptors (Lipinski definition) is 4. The quantitative estimate of drug-likeness (QED) is 0.523. The summed E-state index contributed by atoms with van der Waals surface area (Å²) in [6, 6.07) is 0.124. The second-order valence-corrected chi connectivity index (χ2v) is 3.42. The smallest absolute Gasteiger partial charge is 0.262 e. The van der Waals surface area contributed by atoms with Gasteiger partial charge in [0, 0.05) is 12.3 Å². The van der Waals surface area contributed by atoms with Crippen molar-refractivity contribution in [2.24, 2.45) is 0 Å². The van der Waals surface area contributed by atoms with Gasteiger partial charge in [0.1, 0.15) is 5.82 Å². The molecule has 3 N–H and O–H groups in total. The van der Waals surface area contributed by atoms with E-state index >= 15 is 0 Å². The number of nitrogens with zero attached hydrogens (tertiary/aromatic N) is 1. The SMILES string of the molecule is CC(C)Nc1nc(Cl)[nH]c(=O)c1C=N. The Kier molecular flexibility index (Phi) is 3.24. The number of rotatable bonds is 3. The van der Waals surface area contributed by atoms with Gasteiger partial charge < -0.3 is 10.7 Å². The van der Waals surface area contributed by atoms with Crippen molar-refractivity contribution in [2.75, 3.05) is 5.32 Å². The van der Waals surface area contributed by atoms with Crippen LogP contribution in [0.1, 0.15) is 19.4 Å². The average Bonchev–Trinajstić information content (AvgIpc) is 2.01. The van der Waals surface area contributed by atoms with E-state index in [1.54, 1.807) is 0 Å². The first-order valence-corrected chi connectivity index (χ1v) is 4.49. The van der Waals surface area contributed by atoms with Crippen LogP contribution in [0.4, 0.5) is 5.82 Å². The summed E-state index contributed by atoms with van der Waals surface area (Å²) in [4.78, 5) is 17.5. The van der Waals surface area contributed by atoms with Crippen molar-refractivity contribution in [1.29, 1.82) is 5.41 Å². The molecule has 76 valence electrons. The average molecular weight is 215 g/mol. The molecule has 1 aromatic heterocycles. The highest BCUT2D eigenvalue weighted by molar-refractivity contribution is 6.28. The highest BCUT2D eigenvalue weighted by Gasteiger charge is 2.08. The molecule has 1 aromatic rings. The molecule has 5 nitrogen and oxygen atoms in total. The first-order valence-electron chi connectivity index (χ1n) is 4.11. The summed E-state index contributed by atoms with van der Waals surface area (Å²) in [5.74, 6) is 0.337. The molecule has 14 heavy (non-hydrogen) atoms. The van der Waals surface area contributed by atoms with Gasteiger partial charge in [-0.15, -0.1) is 0 Å². The van der Waals surface area contributed by atoms with Crippen LogP contribution in [-0.4, -0.2) is 22.2 Å². The van der Waals surface area contributed by atoms with Gasteiger partial charge in [0.05, 0.1) is 5.56 Å². The first-order chi connectivity index (χ1) is 6.54. The van der Waals surface area contributed by atoms with Gasteiger partial charge >= 0.3 is 0 Å². The van der Waals surface area contributed by atoms with Crippen molar-refractivity contribution < 1.29 is 0 Å². The molecule has 1 rings (SSSR count). The standard InChI is InChI=1S/C8H11ClN4O/c1-4(2)11-6-5(3-10)7(14)13-8(9)12-6/h3-4,10H,1-2H3,(H2,11,12,13,14). The van der Waals surface area contributed by atoms with E-state index in [9.17, 15) is 4.79 Å². The van der Waals surface area contributed by atoms with Gasteiger partial charge in [-0.05, 0) is 25.4 Å². The Morgan fingerprint density at radius 1 is 1.64 bits per heavy atom. The Balaban J connectivity index is 3.25. The summed E-state index contributed by atoms with van der Waals surface area (Å²) in [5.41, 5.74) is -0.230. The Morgan fingerprint density at radius 3 is 2.79 bits per heavy atom. The van der Waals surface area contributed by atoms with Crippen molar-refractivity contribution in [3.63, 3.8) is 0 Å². The molecule has 0 amide bonds. The van der Waals surface area contributed by atoms with Crippen LogP contribution in [0.3, 0.4) is 0 Å². The molecule has 0 aliphatic carbocycles. The van der Waals surface area contributed by atoms with Gasteiger partial charge in [-0.2, -0.15) is 0 Å². The van der Waals surface area contributed by atoms with Crippen molar-refractivity contribution in [3.05, 3.63) is 21.2 Å². The highest BCUT2D eigenvalue weighted by atomic mass is 35.5. The van der Waals surface area contributed by atoms with E-state index in [4.69, 9.17) is 17.0 Å². The predicted octanol–water partition coefficient (Wildman–Crippen LogP) is 1.24. The maximum Gasteiger partial charge on any atom is 0.262 e. The van der Waals surface area contributed by atoms with Crippen LogP contribution in [0.5, 0.6) is 0 Å². The van der Waals surface area contributed by atoms with Gasteiger partial charge in [-0.25, -0.2) is 4.98 Å². The third kappa shape index (κ3) is 2.32. The van der Waals surface area contributed by atoms with E-state index in [1.807, 2.05) is 13.8 Å². The number of aromatic nitrogens is 2. The molecule has 0 fully saturated rings. The molecule has 0 aromatic carbocycles. The number of aromatic amines is 1. The number of anilines is 1. The number of hydrogen-bond donors (Lipinski definition) is 3. The van der Waals surface area contributed by atoms with Crippen LogP contribution in [0.15, 0.2) is 4.79 Å². The lowest BCUT2D eigenvalue weighted by Gasteiger charge is -2.10. The zero-order valence-electron chi connectivity index (χ0n) is 7.89. The van der Waals surface area contributed by atoms with Gasteiger partial charge in [0.15, 0.2) is 0 Å². The van der Waals surface area contributed by atoms with Crippen molar-refractivity contribution >= 4 is 23.6 Å². The maximum atomic E-state index is 11.3. The first kappa shape index (κ1) is 10.7. The van der Waals surface area contributed by atoms with Crippen LogP contribution in [0, 0.1) is 5.41 Å². The summed E-state index contributed by atoms with van der Waals surface area (Å²) < 4.78 is 0. The van der Waals surface area contributed by atoms with Crippen LogP contribution in [0.2, 0.25) is 5.28 Å². The molecule has 0 spiro atoms. The van der Waals surface area contributed by atoms with Crippen molar-refractivity contribution in [3.8, 4) is 0 Å². The molecule has 0 radical (unpaired) electrons. The molecule has 0 aliphatic heterocycles. The summed E-state index contributed by atoms with van der Waals surface area (Å²) in [7, 11) is 0. The monoisotopic (exact) mass is 214 g/mol. The third-order valence-corrected chi connectivity index (χ3v) is 1.68. The molecular weight excluding hydrogens is 204 g/mol. The summed E-state index contributed by atoms with van der Waals surface area (Å²) >= 11 is 5.58. The van der Waals surface area contributed by atoms with E-state index in [0.717, 1.165) is 6.21 Å². The van der Waals surface area contributed by atoms with Crippen molar-refractivity contribution in [2.45, 2.75) is 19.9 Å². The maximum absolute atomic E-state index is 11.3. The zero-order chi connectivity index (χ0) is 10.7. The fourth-order valence-corrected chi connectivity index (χ4v) is 1.14. The predicted molar refractivity (Wildman–Crippen MR) is 56.5 cm³/mol. The minimum atomic E-state index is -0.414. The van der Waals surface area contributed by atoms with Crippen LogP contribution in [-0.2, 0) is 0 Å². The Morgan fingerprint density at radius 2 is 2.29 bits per heavy atom. The fraction of sp³-hybridized carbons (Fsp3) is 0.375. The lowest BCUT2D eigenvalue weighted by atomic mass is 10.3. The van der Waals surface area contributed by atoms with Gasteiger partial charge in [0.25, 0.3) is 5.56 Å². The van der Waals surface area contributed by atoms with Gasteiger partial charge in [-0.1, -0.05) is 0 Å². The number of nitrogens with one attached hydrogen (secondary N) is 3. The van der Waals surface area contributed by atoms with E-state index < -0.39 is 5.56 Å². The highest BCUT2D eigenvalue weighted by Crippen LogP contribution is 2.09. The van der Waals surface area contributed by atoms with E-state index in [0.29, 0.717) is 5.82 Å². The third-order valence-electron chi connectivity index (χ3n) is 1.50. The summed E-state index contributed by atoms with van der Waals surface area (Å²) in [5, 5.41) is 10.0. The van der Waals surface area contributed by atoms with Gasteiger partial charge in [-0.3, -0.25) is 9.78 Å². The Labute approximate surface area is 86.0 Å². The van der Waals surface area contributed by atoms with Crippen LogP contribution in [0.25, 0.3) is 0 Å². The lowest BCUT2D eigenvalue weighted by molar-refractivity contribution is 0.883. The van der Waals surface area contributed by atoms with Crippen LogP contribution >= 0.6 is 11.6 Å². The summed E-state index contributed by atoms with van der Waals surface area (Å²) in [6.07, 6.45) is 0.951. The second kappa shape index (κ2) is 4.23. The second-order valence-electron chi connectivity index (χ2n) is 3.06. The molecule has 0 unspecified atom stereocenters. The van der Waals surface area contributed by atoms with Crippen LogP contribution < -0.4 is 10.9 Å². The zero-order valence-corrected chi connectivity index (χ0v) is 8.64. The summed E-state index contributed by atoms with van der Waals surface area (Å²) in [6.45, 7) is 3.81. The molecule has 0 atom stereocenters. The van der Waals surface area contributed by atoms with E-state index in [2.05, 4.69) is 15.3 Å². The molecule has 0 saturated heterocycles. The normalized spacial score (nSPS) is 10.3. The minimum Gasteiger partial charge on any atom is -0.367 e. The molecule has 6 heteroatoms. The molecule has 0 aliphatic rings. The lowest BCUT2D eigenvalue weighted by Crippen LogP contribution is -2.20. The van der Waals surface area contributed by atoms with Gasteiger partial charge in [0.2, 0.25) is 5.28 Å². The Bertz CT molecular complexity index is 399. The van der Waals surface area contributed by atoms with Crippen molar-refractivity contribution in [1.82, 2.24) is 9.97 Å². The Hall–Kier alpha value is -1.36. The van der Waals surface area contributed by atoms with E-state index in [-0.39, 0.29) is 16.9 Å². The largest absolute Gasteiger partial charge is 0.367 e. The number of H-pyrrole nitrogens is 1. The molecule has 0 saturated carbocycles. The topological polar surface area (TPSA) is 81.6 Å². The molecule has 0 bridgehead atoms. The number of halogens is 1. The molecule has 1 heterocycles. The minimum absolute atomic E-state index is 0.0174.